The SMILES string of the molecule is COc1ccc(/C(=C\CSc2ccc(OCC(=O)O)cc2Br)c2ccccc2)cc1. The van der Waals surface area contributed by atoms with Gasteiger partial charge in [0.05, 0.1) is 7.11 Å². The number of carboxylic acids is 1. The summed E-state index contributed by atoms with van der Waals surface area (Å²) in [7, 11) is 1.66. The van der Waals surface area contributed by atoms with Crippen molar-refractivity contribution in [1.29, 1.82) is 0 Å². The molecule has 0 aliphatic carbocycles. The summed E-state index contributed by atoms with van der Waals surface area (Å²) in [5.41, 5.74) is 3.43. The molecule has 0 saturated carbocycles. The molecule has 0 saturated heterocycles. The third kappa shape index (κ3) is 6.15. The van der Waals surface area contributed by atoms with Gasteiger partial charge in [0.15, 0.2) is 6.61 Å². The van der Waals surface area contributed by atoms with Crippen molar-refractivity contribution in [2.75, 3.05) is 19.5 Å². The normalized spacial score (nSPS) is 11.2. The highest BCUT2D eigenvalue weighted by Crippen LogP contribution is 2.32. The highest BCUT2D eigenvalue weighted by Gasteiger charge is 2.07. The van der Waals surface area contributed by atoms with Crippen LogP contribution in [0.15, 0.2) is 88.2 Å². The second-order valence-electron chi connectivity index (χ2n) is 6.30. The lowest BCUT2D eigenvalue weighted by atomic mass is 9.98. The molecular formula is C24H21BrO4S. The zero-order chi connectivity index (χ0) is 21.3. The Labute approximate surface area is 188 Å². The molecule has 0 aromatic heterocycles. The predicted octanol–water partition coefficient (Wildman–Crippen LogP) is 6.15. The molecule has 3 aromatic rings. The van der Waals surface area contributed by atoms with Crippen LogP contribution < -0.4 is 9.47 Å². The number of aliphatic carboxylic acids is 1. The van der Waals surface area contributed by atoms with Crippen LogP contribution in [-0.2, 0) is 4.79 Å². The van der Waals surface area contributed by atoms with Crippen LogP contribution in [0.3, 0.4) is 0 Å². The lowest BCUT2D eigenvalue weighted by Crippen LogP contribution is -2.09. The highest BCUT2D eigenvalue weighted by molar-refractivity contribution is 9.10. The maximum atomic E-state index is 10.6. The third-order valence-electron chi connectivity index (χ3n) is 4.28. The van der Waals surface area contributed by atoms with E-state index in [1.165, 1.54) is 0 Å². The van der Waals surface area contributed by atoms with Crippen LogP contribution in [0, 0.1) is 0 Å². The van der Waals surface area contributed by atoms with Gasteiger partial charge in [-0.2, -0.15) is 0 Å². The van der Waals surface area contributed by atoms with E-state index in [0.717, 1.165) is 37.6 Å². The largest absolute Gasteiger partial charge is 0.497 e. The maximum absolute atomic E-state index is 10.6. The minimum atomic E-state index is -0.998. The molecule has 3 aromatic carbocycles. The molecule has 1 N–H and O–H groups in total. The number of benzene rings is 3. The molecule has 0 spiro atoms. The van der Waals surface area contributed by atoms with E-state index < -0.39 is 5.97 Å². The number of hydrogen-bond donors (Lipinski definition) is 1. The van der Waals surface area contributed by atoms with E-state index in [0.29, 0.717) is 5.75 Å². The van der Waals surface area contributed by atoms with E-state index in [4.69, 9.17) is 14.6 Å². The van der Waals surface area contributed by atoms with Gasteiger partial charge >= 0.3 is 5.97 Å². The van der Waals surface area contributed by atoms with Crippen molar-refractivity contribution in [3.8, 4) is 11.5 Å². The minimum Gasteiger partial charge on any atom is -0.497 e. The van der Waals surface area contributed by atoms with E-state index in [1.807, 2.05) is 36.4 Å². The summed E-state index contributed by atoms with van der Waals surface area (Å²) in [5, 5.41) is 8.73. The van der Waals surface area contributed by atoms with Crippen molar-refractivity contribution in [3.05, 3.63) is 94.5 Å². The zero-order valence-corrected chi connectivity index (χ0v) is 18.8. The van der Waals surface area contributed by atoms with Gasteiger partial charge in [0.1, 0.15) is 11.5 Å². The molecule has 0 fully saturated rings. The number of thioether (sulfide) groups is 1. The van der Waals surface area contributed by atoms with Crippen molar-refractivity contribution in [1.82, 2.24) is 0 Å². The summed E-state index contributed by atoms with van der Waals surface area (Å²) in [6, 6.07) is 23.8. The van der Waals surface area contributed by atoms with Crippen LogP contribution in [0.2, 0.25) is 0 Å². The number of methoxy groups -OCH3 is 1. The minimum absolute atomic E-state index is 0.357. The lowest BCUT2D eigenvalue weighted by Gasteiger charge is -2.11. The zero-order valence-electron chi connectivity index (χ0n) is 16.4. The van der Waals surface area contributed by atoms with Crippen molar-refractivity contribution in [3.63, 3.8) is 0 Å². The Balaban J connectivity index is 1.77. The summed E-state index contributed by atoms with van der Waals surface area (Å²) < 4.78 is 11.4. The number of hydrogen-bond acceptors (Lipinski definition) is 4. The van der Waals surface area contributed by atoms with Crippen LogP contribution in [0.5, 0.6) is 11.5 Å². The molecule has 30 heavy (non-hydrogen) atoms. The van der Waals surface area contributed by atoms with E-state index in [1.54, 1.807) is 31.0 Å². The van der Waals surface area contributed by atoms with Gasteiger partial charge in [-0.15, -0.1) is 11.8 Å². The van der Waals surface area contributed by atoms with Crippen LogP contribution in [0.4, 0.5) is 0 Å². The summed E-state index contributed by atoms with van der Waals surface area (Å²) in [5.74, 6) is 1.12. The predicted molar refractivity (Wildman–Crippen MR) is 125 cm³/mol. The van der Waals surface area contributed by atoms with Gasteiger partial charge in [0.25, 0.3) is 0 Å². The molecule has 154 valence electrons. The topological polar surface area (TPSA) is 55.8 Å². The Morgan fingerprint density at radius 2 is 1.67 bits per heavy atom. The highest BCUT2D eigenvalue weighted by atomic mass is 79.9. The van der Waals surface area contributed by atoms with Gasteiger partial charge in [-0.1, -0.05) is 48.5 Å². The number of carbonyl (C=O) groups is 1. The summed E-state index contributed by atoms with van der Waals surface area (Å²) in [6.07, 6.45) is 2.21. The monoisotopic (exact) mass is 484 g/mol. The molecule has 0 atom stereocenters. The second-order valence-corrected chi connectivity index (χ2v) is 8.21. The fourth-order valence-electron chi connectivity index (χ4n) is 2.84. The number of ether oxygens (including phenoxy) is 2. The van der Waals surface area contributed by atoms with Crippen LogP contribution in [0.1, 0.15) is 11.1 Å². The third-order valence-corrected chi connectivity index (χ3v) is 6.20. The van der Waals surface area contributed by atoms with Gasteiger partial charge < -0.3 is 14.6 Å². The molecule has 0 heterocycles. The Morgan fingerprint density at radius 3 is 2.30 bits per heavy atom. The first-order chi connectivity index (χ1) is 14.6. The van der Waals surface area contributed by atoms with Crippen molar-refractivity contribution >= 4 is 39.2 Å². The van der Waals surface area contributed by atoms with Crippen molar-refractivity contribution in [2.45, 2.75) is 4.90 Å². The average molecular weight is 485 g/mol. The van der Waals surface area contributed by atoms with Crippen LogP contribution >= 0.6 is 27.7 Å². The lowest BCUT2D eigenvalue weighted by molar-refractivity contribution is -0.139. The Bertz CT molecular complexity index is 1020. The quantitative estimate of drug-likeness (QED) is 0.369. The van der Waals surface area contributed by atoms with E-state index in [9.17, 15) is 4.79 Å². The molecule has 0 bridgehead atoms. The molecule has 0 aliphatic heterocycles. The summed E-state index contributed by atoms with van der Waals surface area (Å²) in [6.45, 7) is -0.357. The number of halogens is 1. The van der Waals surface area contributed by atoms with Crippen LogP contribution in [-0.4, -0.2) is 30.5 Å². The molecule has 4 nitrogen and oxygen atoms in total. The Morgan fingerprint density at radius 1 is 1.00 bits per heavy atom. The number of rotatable bonds is 9. The molecule has 0 unspecified atom stereocenters. The summed E-state index contributed by atoms with van der Waals surface area (Å²) >= 11 is 5.23. The average Bonchev–Trinajstić information content (AvgIpc) is 2.77. The molecule has 3 rings (SSSR count). The van der Waals surface area contributed by atoms with Crippen molar-refractivity contribution in [2.24, 2.45) is 0 Å². The van der Waals surface area contributed by atoms with Gasteiger partial charge in [-0.25, -0.2) is 4.79 Å². The smallest absolute Gasteiger partial charge is 0.341 e. The Kier molecular flexibility index (Phi) is 7.99. The molecule has 0 radical (unpaired) electrons. The first-order valence-corrected chi connectivity index (χ1v) is 11.0. The van der Waals surface area contributed by atoms with E-state index >= 15 is 0 Å². The van der Waals surface area contributed by atoms with Gasteiger partial charge in [0, 0.05) is 15.1 Å². The first kappa shape index (κ1) is 22.0. The van der Waals surface area contributed by atoms with Gasteiger partial charge in [0.2, 0.25) is 0 Å². The molecule has 0 amide bonds. The van der Waals surface area contributed by atoms with Crippen molar-refractivity contribution < 1.29 is 19.4 Å². The summed E-state index contributed by atoms with van der Waals surface area (Å²) in [4.78, 5) is 11.7. The fraction of sp³-hybridized carbons (Fsp3) is 0.125. The van der Waals surface area contributed by atoms with Gasteiger partial charge in [-0.05, 0) is 63.0 Å². The fourth-order valence-corrected chi connectivity index (χ4v) is 4.33. The van der Waals surface area contributed by atoms with Crippen LogP contribution in [0.25, 0.3) is 5.57 Å². The molecule has 0 aliphatic rings. The van der Waals surface area contributed by atoms with E-state index in [2.05, 4.69) is 46.3 Å². The standard InChI is InChI=1S/C24H21BrO4S/c1-28-19-9-7-18(8-10-19)21(17-5-3-2-4-6-17)13-14-30-23-12-11-20(15-22(23)25)29-16-24(26)27/h2-13,15H,14,16H2,1H3,(H,26,27)/b21-13-. The number of carboxylic acid groups (broad SMARTS) is 1. The Hall–Kier alpha value is -2.70. The molecule has 6 heteroatoms. The van der Waals surface area contributed by atoms with Gasteiger partial charge in [-0.3, -0.25) is 0 Å². The maximum Gasteiger partial charge on any atom is 0.341 e. The van der Waals surface area contributed by atoms with E-state index in [-0.39, 0.29) is 6.61 Å². The molecular weight excluding hydrogens is 464 g/mol. The second kappa shape index (κ2) is 10.9. The first-order valence-electron chi connectivity index (χ1n) is 9.24.